The van der Waals surface area contributed by atoms with Crippen molar-refractivity contribution in [2.45, 2.75) is 65.2 Å². The Morgan fingerprint density at radius 1 is 1.05 bits per heavy atom. The van der Waals surface area contributed by atoms with Crippen LogP contribution in [0.25, 0.3) is 0 Å². The lowest BCUT2D eigenvalue weighted by atomic mass is 9.49. The fraction of sp³-hybridized carbons (Fsp3) is 0.800. The second-order valence-corrected chi connectivity index (χ2v) is 8.56. The average Bonchev–Trinajstić information content (AvgIpc) is 2.92. The van der Waals surface area contributed by atoms with Crippen LogP contribution in [-0.4, -0.2) is 11.6 Å². The molecule has 0 saturated heterocycles. The summed E-state index contributed by atoms with van der Waals surface area (Å²) in [6.45, 7) is 4.23. The maximum atomic E-state index is 11.9. The zero-order valence-electron chi connectivity index (χ0n) is 13.9. The van der Waals surface area contributed by atoms with Gasteiger partial charge >= 0.3 is 0 Å². The topological polar surface area (TPSA) is 34.1 Å². The normalized spacial score (nSPS) is 47.3. The number of carbonyl (C=O) groups excluding carboxylic acids is 2. The summed E-state index contributed by atoms with van der Waals surface area (Å²) in [5.41, 5.74) is 1.72. The van der Waals surface area contributed by atoms with E-state index in [0.717, 1.165) is 43.4 Å². The highest BCUT2D eigenvalue weighted by atomic mass is 16.1. The maximum Gasteiger partial charge on any atom is 0.155 e. The largest absolute Gasteiger partial charge is 0.300 e. The van der Waals surface area contributed by atoms with Gasteiger partial charge in [-0.25, -0.2) is 0 Å². The van der Waals surface area contributed by atoms with Crippen LogP contribution in [0.4, 0.5) is 0 Å². The van der Waals surface area contributed by atoms with Crippen molar-refractivity contribution in [2.24, 2.45) is 35.0 Å². The summed E-state index contributed by atoms with van der Waals surface area (Å²) >= 11 is 0. The van der Waals surface area contributed by atoms with Gasteiger partial charge in [0.25, 0.3) is 0 Å². The maximum absolute atomic E-state index is 11.9. The predicted molar refractivity (Wildman–Crippen MR) is 86.3 cm³/mol. The lowest BCUT2D eigenvalue weighted by molar-refractivity contribution is -0.123. The molecule has 4 rings (SSSR count). The summed E-state index contributed by atoms with van der Waals surface area (Å²) in [4.78, 5) is 23.7. The molecule has 2 nitrogen and oxygen atoms in total. The third-order valence-electron chi connectivity index (χ3n) is 7.80. The van der Waals surface area contributed by atoms with Gasteiger partial charge in [0.05, 0.1) is 0 Å². The predicted octanol–water partition coefficient (Wildman–Crippen LogP) is 4.33. The fourth-order valence-corrected chi connectivity index (χ4v) is 6.72. The first kappa shape index (κ1) is 14.7. The summed E-state index contributed by atoms with van der Waals surface area (Å²) < 4.78 is 0. The first-order valence-corrected chi connectivity index (χ1v) is 9.25. The van der Waals surface area contributed by atoms with E-state index < -0.39 is 0 Å². The smallest absolute Gasteiger partial charge is 0.155 e. The fourth-order valence-electron chi connectivity index (χ4n) is 6.72. The van der Waals surface area contributed by atoms with Crippen LogP contribution in [0.3, 0.4) is 0 Å². The van der Waals surface area contributed by atoms with Crippen molar-refractivity contribution in [3.05, 3.63) is 11.6 Å². The van der Waals surface area contributed by atoms with Gasteiger partial charge in [0.15, 0.2) is 5.78 Å². The van der Waals surface area contributed by atoms with Crippen LogP contribution in [0, 0.1) is 35.0 Å². The molecule has 4 aliphatic carbocycles. The van der Waals surface area contributed by atoms with E-state index in [2.05, 4.69) is 6.92 Å². The molecule has 3 fully saturated rings. The van der Waals surface area contributed by atoms with Crippen LogP contribution in [0.15, 0.2) is 11.6 Å². The van der Waals surface area contributed by atoms with Gasteiger partial charge in [0, 0.05) is 12.3 Å². The van der Waals surface area contributed by atoms with Crippen molar-refractivity contribution in [3.63, 3.8) is 0 Å². The molecule has 0 heterocycles. The van der Waals surface area contributed by atoms with E-state index in [1.165, 1.54) is 31.3 Å². The second kappa shape index (κ2) is 5.04. The van der Waals surface area contributed by atoms with Crippen molar-refractivity contribution in [1.29, 1.82) is 0 Å². The van der Waals surface area contributed by atoms with Crippen LogP contribution in [0.1, 0.15) is 65.2 Å². The zero-order valence-corrected chi connectivity index (χ0v) is 13.9. The van der Waals surface area contributed by atoms with E-state index >= 15 is 0 Å². The number of carbonyl (C=O) groups is 2. The molecule has 0 spiro atoms. The molecule has 3 saturated carbocycles. The van der Waals surface area contributed by atoms with E-state index in [0.29, 0.717) is 23.4 Å². The molecule has 6 unspecified atom stereocenters. The molecule has 4 aliphatic rings. The summed E-state index contributed by atoms with van der Waals surface area (Å²) in [7, 11) is 0. The minimum Gasteiger partial charge on any atom is -0.300 e. The Balaban J connectivity index is 1.63. The third kappa shape index (κ3) is 1.98. The molecule has 0 N–H and O–H groups in total. The minimum atomic E-state index is 0.274. The standard InChI is InChI=1S/C20H28O2/c1-12(21)15-5-6-17-16(15)7-8-19-18(17)4-3-13-11-14(22)9-10-20(13,19)2/h11,15-19H,3-10H2,1-2H3. The summed E-state index contributed by atoms with van der Waals surface area (Å²) in [5.74, 6) is 4.13. The Bertz CT molecular complexity index is 546. The van der Waals surface area contributed by atoms with Crippen molar-refractivity contribution < 1.29 is 9.59 Å². The van der Waals surface area contributed by atoms with E-state index in [4.69, 9.17) is 0 Å². The second-order valence-electron chi connectivity index (χ2n) is 8.56. The van der Waals surface area contributed by atoms with Gasteiger partial charge in [-0.05, 0) is 87.0 Å². The Kier molecular flexibility index (Phi) is 3.36. The SMILES string of the molecule is CC(=O)C1CCC2C1CCC1C2CCC2=CC(=O)CCC21C. The molecule has 120 valence electrons. The van der Waals surface area contributed by atoms with Crippen LogP contribution in [-0.2, 0) is 9.59 Å². The molecular weight excluding hydrogens is 272 g/mol. The number of ketones is 2. The third-order valence-corrected chi connectivity index (χ3v) is 7.80. The van der Waals surface area contributed by atoms with Crippen molar-refractivity contribution in [2.75, 3.05) is 0 Å². The summed E-state index contributed by atoms with van der Waals surface area (Å²) in [5, 5.41) is 0. The number of allylic oxidation sites excluding steroid dienone is 1. The molecule has 0 bridgehead atoms. The molecule has 0 aromatic heterocycles. The Labute approximate surface area is 133 Å². The molecule has 0 aromatic rings. The van der Waals surface area contributed by atoms with Gasteiger partial charge in [-0.1, -0.05) is 12.5 Å². The van der Waals surface area contributed by atoms with Crippen molar-refractivity contribution in [1.82, 2.24) is 0 Å². The lowest BCUT2D eigenvalue weighted by Crippen LogP contribution is -2.47. The van der Waals surface area contributed by atoms with Crippen LogP contribution in [0.2, 0.25) is 0 Å². The number of fused-ring (bicyclic) bond motifs is 5. The highest BCUT2D eigenvalue weighted by Crippen LogP contribution is 2.62. The molecule has 0 aromatic carbocycles. The number of rotatable bonds is 1. The first-order chi connectivity index (χ1) is 10.5. The summed E-state index contributed by atoms with van der Waals surface area (Å²) in [6.07, 6.45) is 11.1. The monoisotopic (exact) mass is 300 g/mol. The Morgan fingerprint density at radius 3 is 2.59 bits per heavy atom. The highest BCUT2D eigenvalue weighted by molar-refractivity contribution is 5.91. The van der Waals surface area contributed by atoms with Crippen LogP contribution < -0.4 is 0 Å². The Morgan fingerprint density at radius 2 is 1.82 bits per heavy atom. The van der Waals surface area contributed by atoms with Crippen molar-refractivity contribution in [3.8, 4) is 0 Å². The van der Waals surface area contributed by atoms with E-state index in [-0.39, 0.29) is 5.41 Å². The molecule has 22 heavy (non-hydrogen) atoms. The number of hydrogen-bond donors (Lipinski definition) is 0. The molecule has 2 heteroatoms. The quantitative estimate of drug-likeness (QED) is 0.722. The van der Waals surface area contributed by atoms with Crippen LogP contribution in [0.5, 0.6) is 0 Å². The number of Topliss-reactive ketones (excluding diaryl/α,β-unsaturated/α-hetero) is 1. The first-order valence-electron chi connectivity index (χ1n) is 9.25. The number of hydrogen-bond acceptors (Lipinski definition) is 2. The van der Waals surface area contributed by atoms with Crippen molar-refractivity contribution >= 4 is 11.6 Å². The van der Waals surface area contributed by atoms with Gasteiger partial charge in [0.2, 0.25) is 0 Å². The molecule has 6 atom stereocenters. The van der Waals surface area contributed by atoms with Gasteiger partial charge < -0.3 is 0 Å². The van der Waals surface area contributed by atoms with Gasteiger partial charge in [-0.15, -0.1) is 0 Å². The molecular formula is C20H28O2. The van der Waals surface area contributed by atoms with E-state index in [1.807, 2.05) is 6.08 Å². The van der Waals surface area contributed by atoms with E-state index in [9.17, 15) is 9.59 Å². The van der Waals surface area contributed by atoms with E-state index in [1.54, 1.807) is 6.92 Å². The van der Waals surface area contributed by atoms with Gasteiger partial charge in [0.1, 0.15) is 5.78 Å². The van der Waals surface area contributed by atoms with Crippen LogP contribution >= 0.6 is 0 Å². The molecule has 0 amide bonds. The summed E-state index contributed by atoms with van der Waals surface area (Å²) in [6, 6.07) is 0. The van der Waals surface area contributed by atoms with Gasteiger partial charge in [-0.3, -0.25) is 9.59 Å². The molecule has 0 aliphatic heterocycles. The molecule has 0 radical (unpaired) electrons. The zero-order chi connectivity index (χ0) is 15.5. The Hall–Kier alpha value is -0.920. The lowest BCUT2D eigenvalue weighted by Gasteiger charge is -2.55. The highest BCUT2D eigenvalue weighted by Gasteiger charge is 2.54. The average molecular weight is 300 g/mol. The minimum absolute atomic E-state index is 0.274. The van der Waals surface area contributed by atoms with Gasteiger partial charge in [-0.2, -0.15) is 0 Å².